The lowest BCUT2D eigenvalue weighted by Crippen LogP contribution is -2.59. The summed E-state index contributed by atoms with van der Waals surface area (Å²) >= 11 is 3.32. The van der Waals surface area contributed by atoms with Crippen LogP contribution in [0.1, 0.15) is 52.4 Å². The van der Waals surface area contributed by atoms with Gasteiger partial charge in [-0.15, -0.1) is 0 Å². The van der Waals surface area contributed by atoms with E-state index in [1.54, 1.807) is 0 Å². The Bertz CT molecular complexity index is 325. The first-order valence-corrected chi connectivity index (χ1v) is 8.36. The van der Waals surface area contributed by atoms with E-state index in [-0.39, 0.29) is 11.7 Å². The zero-order valence-electron chi connectivity index (χ0n) is 11.5. The van der Waals surface area contributed by atoms with Crippen LogP contribution in [0.4, 0.5) is 0 Å². The summed E-state index contributed by atoms with van der Waals surface area (Å²) in [5.41, 5.74) is 1.06. The second-order valence-electron chi connectivity index (χ2n) is 7.93. The third-order valence-electron chi connectivity index (χ3n) is 5.34. The molecule has 4 bridgehead atoms. The number of halogens is 1. The minimum atomic E-state index is -0.362. The van der Waals surface area contributed by atoms with Crippen LogP contribution >= 0.6 is 15.9 Å². The van der Waals surface area contributed by atoms with E-state index in [1.165, 1.54) is 38.5 Å². The summed E-state index contributed by atoms with van der Waals surface area (Å²) in [7, 11) is 0. The van der Waals surface area contributed by atoms with Crippen LogP contribution in [0.15, 0.2) is 0 Å². The van der Waals surface area contributed by atoms with Crippen LogP contribution in [0.5, 0.6) is 0 Å². The van der Waals surface area contributed by atoms with Crippen molar-refractivity contribution in [1.29, 1.82) is 0 Å². The van der Waals surface area contributed by atoms with Crippen molar-refractivity contribution in [2.45, 2.75) is 64.1 Å². The summed E-state index contributed by atoms with van der Waals surface area (Å²) in [5, 5.41) is 10.3. The largest absolute Gasteiger partial charge is 0.390 e. The molecule has 18 heavy (non-hydrogen) atoms. The maximum Gasteiger partial charge on any atom is 0.0870 e. The fourth-order valence-corrected chi connectivity index (χ4v) is 6.01. The molecule has 4 fully saturated rings. The molecule has 2 nitrogen and oxygen atoms in total. The van der Waals surface area contributed by atoms with Gasteiger partial charge in [-0.05, 0) is 55.3 Å². The van der Waals surface area contributed by atoms with Crippen molar-refractivity contribution in [2.75, 3.05) is 11.9 Å². The first kappa shape index (κ1) is 13.4. The molecule has 104 valence electrons. The number of rotatable bonds is 4. The van der Waals surface area contributed by atoms with Gasteiger partial charge in [0.25, 0.3) is 0 Å². The van der Waals surface area contributed by atoms with E-state index < -0.39 is 0 Å². The summed E-state index contributed by atoms with van der Waals surface area (Å²) in [6.07, 6.45) is 7.46. The first-order valence-electron chi connectivity index (χ1n) is 7.24. The topological polar surface area (TPSA) is 29.5 Å². The molecule has 0 heterocycles. The summed E-state index contributed by atoms with van der Waals surface area (Å²) in [6.45, 7) is 5.40. The van der Waals surface area contributed by atoms with Crippen molar-refractivity contribution in [1.82, 2.24) is 0 Å². The summed E-state index contributed by atoms with van der Waals surface area (Å²) in [5.74, 6) is 0.859. The molecule has 0 aromatic rings. The molecule has 0 saturated heterocycles. The highest BCUT2D eigenvalue weighted by Crippen LogP contribution is 2.67. The zero-order valence-corrected chi connectivity index (χ0v) is 13.1. The van der Waals surface area contributed by atoms with Gasteiger partial charge in [0.1, 0.15) is 0 Å². The van der Waals surface area contributed by atoms with Crippen molar-refractivity contribution in [2.24, 2.45) is 16.7 Å². The number of ether oxygens (including phenoxy) is 1. The van der Waals surface area contributed by atoms with Gasteiger partial charge in [0.2, 0.25) is 0 Å². The van der Waals surface area contributed by atoms with Gasteiger partial charge in [0, 0.05) is 5.33 Å². The molecule has 0 amide bonds. The van der Waals surface area contributed by atoms with Gasteiger partial charge in [0.15, 0.2) is 0 Å². The molecule has 4 rings (SSSR count). The van der Waals surface area contributed by atoms with Crippen LogP contribution < -0.4 is 0 Å². The zero-order chi connectivity index (χ0) is 13.0. The van der Waals surface area contributed by atoms with Crippen LogP contribution in [0.25, 0.3) is 0 Å². The van der Waals surface area contributed by atoms with Crippen LogP contribution in [0, 0.1) is 16.7 Å². The van der Waals surface area contributed by atoms with Crippen LogP contribution in [0.2, 0.25) is 0 Å². The average Bonchev–Trinajstić information content (AvgIpc) is 2.21. The monoisotopic (exact) mass is 316 g/mol. The van der Waals surface area contributed by atoms with Crippen molar-refractivity contribution in [3.8, 4) is 0 Å². The minimum absolute atomic E-state index is 0.0755. The Labute approximate surface area is 119 Å². The Hall–Kier alpha value is 0.400. The lowest BCUT2D eigenvalue weighted by atomic mass is 9.43. The third-order valence-corrected chi connectivity index (χ3v) is 6.08. The highest BCUT2D eigenvalue weighted by Gasteiger charge is 2.60. The van der Waals surface area contributed by atoms with Crippen molar-refractivity contribution >= 4 is 15.9 Å². The van der Waals surface area contributed by atoms with E-state index in [4.69, 9.17) is 4.74 Å². The van der Waals surface area contributed by atoms with Crippen LogP contribution in [-0.2, 0) is 4.74 Å². The molecule has 1 N–H and O–H groups in total. The van der Waals surface area contributed by atoms with Crippen LogP contribution in [-0.4, -0.2) is 28.7 Å². The minimum Gasteiger partial charge on any atom is -0.390 e. The molecule has 0 spiro atoms. The van der Waals surface area contributed by atoms with Gasteiger partial charge >= 0.3 is 0 Å². The summed E-state index contributed by atoms with van der Waals surface area (Å²) < 4.78 is 6.25. The lowest BCUT2D eigenvalue weighted by molar-refractivity contribution is -0.220. The smallest absolute Gasteiger partial charge is 0.0870 e. The van der Waals surface area contributed by atoms with E-state index >= 15 is 0 Å². The predicted octanol–water partition coefficient (Wildman–Crippen LogP) is 3.51. The molecular formula is C15H25BrO2. The number of aliphatic hydroxyl groups excluding tert-OH is 1. The second-order valence-corrected chi connectivity index (χ2v) is 8.58. The lowest BCUT2D eigenvalue weighted by Gasteiger charge is -2.65. The van der Waals surface area contributed by atoms with E-state index in [9.17, 15) is 5.11 Å². The van der Waals surface area contributed by atoms with Crippen LogP contribution in [0.3, 0.4) is 0 Å². The number of alkyl halides is 1. The Balaban J connectivity index is 1.76. The normalized spacial score (nSPS) is 51.7. The van der Waals surface area contributed by atoms with Crippen molar-refractivity contribution < 1.29 is 9.84 Å². The highest BCUT2D eigenvalue weighted by molar-refractivity contribution is 9.09. The van der Waals surface area contributed by atoms with Gasteiger partial charge in [-0.3, -0.25) is 0 Å². The second kappa shape index (κ2) is 4.20. The Kier molecular flexibility index (Phi) is 3.12. The molecule has 0 aromatic carbocycles. The molecule has 0 radical (unpaired) electrons. The maximum absolute atomic E-state index is 9.72. The van der Waals surface area contributed by atoms with E-state index in [0.717, 1.165) is 5.92 Å². The van der Waals surface area contributed by atoms with Gasteiger partial charge in [-0.2, -0.15) is 0 Å². The molecule has 4 saturated carbocycles. The highest BCUT2D eigenvalue weighted by atomic mass is 79.9. The van der Waals surface area contributed by atoms with E-state index in [2.05, 4.69) is 29.8 Å². The van der Waals surface area contributed by atoms with E-state index in [0.29, 0.717) is 22.8 Å². The fraction of sp³-hybridized carbons (Fsp3) is 1.00. The Morgan fingerprint density at radius 3 is 2.28 bits per heavy atom. The number of hydrogen-bond acceptors (Lipinski definition) is 2. The molecule has 3 unspecified atom stereocenters. The SMILES string of the molecule is CC12CC3CC(C)(C1)CC(OCC(O)CBr)(C3)C2. The average molecular weight is 317 g/mol. The number of aliphatic hydroxyl groups is 1. The first-order chi connectivity index (χ1) is 8.36. The van der Waals surface area contributed by atoms with Gasteiger partial charge in [-0.1, -0.05) is 29.8 Å². The predicted molar refractivity (Wildman–Crippen MR) is 75.9 cm³/mol. The van der Waals surface area contributed by atoms with E-state index in [1.807, 2.05) is 0 Å². The molecular weight excluding hydrogens is 292 g/mol. The fourth-order valence-electron chi connectivity index (χ4n) is 5.82. The Morgan fingerprint density at radius 2 is 1.78 bits per heavy atom. The van der Waals surface area contributed by atoms with Gasteiger partial charge in [0.05, 0.1) is 18.3 Å². The third kappa shape index (κ3) is 2.27. The summed E-state index contributed by atoms with van der Waals surface area (Å²) in [6, 6.07) is 0. The molecule has 4 aliphatic rings. The van der Waals surface area contributed by atoms with Gasteiger partial charge in [-0.25, -0.2) is 0 Å². The standard InChI is InChI=1S/C15H25BrO2/c1-13-3-11-4-14(2,8-13)10-15(5-11,9-13)18-7-12(17)6-16/h11-12,17H,3-10H2,1-2H3. The van der Waals surface area contributed by atoms with Crippen molar-refractivity contribution in [3.63, 3.8) is 0 Å². The maximum atomic E-state index is 9.72. The molecule has 3 heteroatoms. The molecule has 0 aromatic heterocycles. The molecule has 3 atom stereocenters. The molecule has 4 aliphatic carbocycles. The molecule has 0 aliphatic heterocycles. The number of hydrogen-bond donors (Lipinski definition) is 1. The quantitative estimate of drug-likeness (QED) is 0.804. The van der Waals surface area contributed by atoms with Crippen molar-refractivity contribution in [3.05, 3.63) is 0 Å². The summed E-state index contributed by atoms with van der Waals surface area (Å²) in [4.78, 5) is 0. The van der Waals surface area contributed by atoms with Gasteiger partial charge < -0.3 is 9.84 Å². The Morgan fingerprint density at radius 1 is 1.17 bits per heavy atom.